The van der Waals surface area contributed by atoms with E-state index >= 15 is 0 Å². The summed E-state index contributed by atoms with van der Waals surface area (Å²) in [6.45, 7) is 0. The summed E-state index contributed by atoms with van der Waals surface area (Å²) in [5.74, 6) is -0.623. The molecule has 0 bridgehead atoms. The molecule has 9 nitrogen and oxygen atoms in total. The second-order valence-electron chi connectivity index (χ2n) is 5.16. The zero-order valence-corrected chi connectivity index (χ0v) is 13.4. The third kappa shape index (κ3) is 3.28. The minimum Gasteiger partial charge on any atom is -0.366 e. The van der Waals surface area contributed by atoms with E-state index in [1.165, 1.54) is 42.5 Å². The number of H-pyrrole nitrogens is 2. The third-order valence-corrected chi connectivity index (χ3v) is 4.80. The highest BCUT2D eigenvalue weighted by Gasteiger charge is 2.15. The number of hydrogen-bond acceptors (Lipinski definition) is 5. The number of amides is 1. The van der Waals surface area contributed by atoms with Crippen molar-refractivity contribution in [3.8, 4) is 0 Å². The summed E-state index contributed by atoms with van der Waals surface area (Å²) in [5, 5.41) is 0. The van der Waals surface area contributed by atoms with Gasteiger partial charge in [-0.25, -0.2) is 8.42 Å². The molecule has 0 aliphatic rings. The summed E-state index contributed by atoms with van der Waals surface area (Å²) in [6.07, 6.45) is 0. The highest BCUT2D eigenvalue weighted by molar-refractivity contribution is 7.92. The molecule has 25 heavy (non-hydrogen) atoms. The maximum atomic E-state index is 12.4. The lowest BCUT2D eigenvalue weighted by Gasteiger charge is -2.09. The van der Waals surface area contributed by atoms with Crippen molar-refractivity contribution in [2.24, 2.45) is 5.73 Å². The predicted molar refractivity (Wildman–Crippen MR) is 91.0 cm³/mol. The Kier molecular flexibility index (Phi) is 3.89. The number of carbonyl (C=O) groups excluding carboxylic acids is 1. The van der Waals surface area contributed by atoms with Crippen molar-refractivity contribution in [2.75, 3.05) is 4.72 Å². The lowest BCUT2D eigenvalue weighted by Crippen LogP contribution is -2.29. The van der Waals surface area contributed by atoms with Gasteiger partial charge in [0.25, 0.3) is 10.0 Å². The first kappa shape index (κ1) is 16.5. The van der Waals surface area contributed by atoms with Crippen molar-refractivity contribution >= 4 is 32.7 Å². The van der Waals surface area contributed by atoms with Crippen LogP contribution in [-0.2, 0) is 10.0 Å². The second kappa shape index (κ2) is 5.91. The van der Waals surface area contributed by atoms with Gasteiger partial charge in [0.1, 0.15) is 0 Å². The van der Waals surface area contributed by atoms with Gasteiger partial charge in [-0.2, -0.15) is 0 Å². The Balaban J connectivity index is 1.97. The van der Waals surface area contributed by atoms with Crippen molar-refractivity contribution < 1.29 is 13.2 Å². The fourth-order valence-corrected chi connectivity index (χ4v) is 3.26. The molecule has 128 valence electrons. The molecule has 0 saturated heterocycles. The van der Waals surface area contributed by atoms with Crippen molar-refractivity contribution in [3.63, 3.8) is 0 Å². The van der Waals surface area contributed by atoms with Crippen LogP contribution in [-0.4, -0.2) is 24.3 Å². The Hall–Kier alpha value is -3.40. The molecule has 10 heteroatoms. The van der Waals surface area contributed by atoms with Crippen LogP contribution < -0.4 is 21.6 Å². The number of aromatic nitrogens is 2. The zero-order chi connectivity index (χ0) is 18.2. The number of benzene rings is 2. The second-order valence-corrected chi connectivity index (χ2v) is 6.85. The standard InChI is InChI=1S/C15H12N4O5S/c16-13(20)8-1-3-9(4-2-8)19-25(23,24)10-5-6-11-12(7-10)18-15(22)14(21)17-11/h1-7,19H,(H2,16,20)(H,17,21)(H,18,22). The van der Waals surface area contributed by atoms with Crippen molar-refractivity contribution in [2.45, 2.75) is 4.90 Å². The van der Waals surface area contributed by atoms with E-state index in [1.54, 1.807) is 0 Å². The molecular formula is C15H12N4O5S. The van der Waals surface area contributed by atoms with Crippen LogP contribution >= 0.6 is 0 Å². The Labute approximate surface area is 140 Å². The highest BCUT2D eigenvalue weighted by atomic mass is 32.2. The van der Waals surface area contributed by atoms with Gasteiger partial charge in [-0.05, 0) is 42.5 Å². The van der Waals surface area contributed by atoms with Crippen molar-refractivity contribution in [1.82, 2.24) is 9.97 Å². The molecule has 2 aromatic carbocycles. The lowest BCUT2D eigenvalue weighted by atomic mass is 10.2. The van der Waals surface area contributed by atoms with Gasteiger partial charge >= 0.3 is 11.1 Å². The summed E-state index contributed by atoms with van der Waals surface area (Å²) in [7, 11) is -3.94. The molecule has 3 rings (SSSR count). The van der Waals surface area contributed by atoms with Crippen molar-refractivity contribution in [3.05, 3.63) is 68.7 Å². The summed E-state index contributed by atoms with van der Waals surface area (Å²) < 4.78 is 27.2. The summed E-state index contributed by atoms with van der Waals surface area (Å²) >= 11 is 0. The summed E-state index contributed by atoms with van der Waals surface area (Å²) in [4.78, 5) is 38.2. The van der Waals surface area contributed by atoms with Gasteiger partial charge in [0.15, 0.2) is 0 Å². The van der Waals surface area contributed by atoms with Gasteiger partial charge in [-0.1, -0.05) is 0 Å². The van der Waals surface area contributed by atoms with E-state index in [2.05, 4.69) is 14.7 Å². The average Bonchev–Trinajstić information content (AvgIpc) is 2.55. The SMILES string of the molecule is NC(=O)c1ccc(NS(=O)(=O)c2ccc3[nH]c(=O)c(=O)[nH]c3c2)cc1. The van der Waals surface area contributed by atoms with Crippen LogP contribution in [0.3, 0.4) is 0 Å². The molecule has 0 aliphatic heterocycles. The number of rotatable bonds is 4. The van der Waals surface area contributed by atoms with Crippen LogP contribution in [0, 0.1) is 0 Å². The molecule has 0 saturated carbocycles. The molecule has 1 amide bonds. The average molecular weight is 360 g/mol. The normalized spacial score (nSPS) is 11.4. The van der Waals surface area contributed by atoms with Crippen LogP contribution in [0.5, 0.6) is 0 Å². The number of nitrogens with one attached hydrogen (secondary N) is 3. The number of anilines is 1. The van der Waals surface area contributed by atoms with Crippen LogP contribution in [0.4, 0.5) is 5.69 Å². The minimum absolute atomic E-state index is 0.110. The Bertz CT molecular complexity index is 1190. The first-order valence-electron chi connectivity index (χ1n) is 6.95. The Morgan fingerprint density at radius 3 is 2.12 bits per heavy atom. The van der Waals surface area contributed by atoms with Gasteiger partial charge in [0, 0.05) is 11.3 Å². The first-order chi connectivity index (χ1) is 11.8. The number of primary amides is 1. The van der Waals surface area contributed by atoms with E-state index in [4.69, 9.17) is 5.73 Å². The van der Waals surface area contributed by atoms with Crippen LogP contribution in [0.15, 0.2) is 56.9 Å². The molecule has 0 atom stereocenters. The Morgan fingerprint density at radius 2 is 1.52 bits per heavy atom. The van der Waals surface area contributed by atoms with E-state index < -0.39 is 27.0 Å². The molecular weight excluding hydrogens is 348 g/mol. The van der Waals surface area contributed by atoms with Gasteiger partial charge < -0.3 is 15.7 Å². The van der Waals surface area contributed by atoms with Gasteiger partial charge in [-0.15, -0.1) is 0 Å². The molecule has 5 N–H and O–H groups in total. The number of nitrogens with two attached hydrogens (primary N) is 1. The fraction of sp³-hybridized carbons (Fsp3) is 0. The molecule has 0 unspecified atom stereocenters. The zero-order valence-electron chi connectivity index (χ0n) is 12.6. The minimum atomic E-state index is -3.94. The maximum absolute atomic E-state index is 12.4. The van der Waals surface area contributed by atoms with Crippen molar-refractivity contribution in [1.29, 1.82) is 0 Å². The van der Waals surface area contributed by atoms with Gasteiger partial charge in [-0.3, -0.25) is 19.1 Å². The molecule has 0 fully saturated rings. The number of carbonyl (C=O) groups is 1. The molecule has 0 aliphatic carbocycles. The molecule has 3 aromatic rings. The topological polar surface area (TPSA) is 155 Å². The smallest absolute Gasteiger partial charge is 0.314 e. The number of aromatic amines is 2. The fourth-order valence-electron chi connectivity index (χ4n) is 2.18. The van der Waals surface area contributed by atoms with E-state index in [0.717, 1.165) is 0 Å². The molecule has 0 spiro atoms. The monoisotopic (exact) mass is 360 g/mol. The van der Waals surface area contributed by atoms with E-state index in [0.29, 0.717) is 5.52 Å². The number of hydrogen-bond donors (Lipinski definition) is 4. The predicted octanol–water partition coefficient (Wildman–Crippen LogP) is 0.116. The highest BCUT2D eigenvalue weighted by Crippen LogP contribution is 2.19. The van der Waals surface area contributed by atoms with Crippen LogP contribution in [0.1, 0.15) is 10.4 Å². The molecule has 1 aromatic heterocycles. The van der Waals surface area contributed by atoms with Gasteiger partial charge in [0.05, 0.1) is 15.9 Å². The van der Waals surface area contributed by atoms with E-state index in [1.807, 2.05) is 0 Å². The first-order valence-corrected chi connectivity index (χ1v) is 8.44. The Morgan fingerprint density at radius 1 is 0.920 bits per heavy atom. The van der Waals surface area contributed by atoms with E-state index in [-0.39, 0.29) is 21.7 Å². The molecule has 1 heterocycles. The van der Waals surface area contributed by atoms with E-state index in [9.17, 15) is 22.8 Å². The quantitative estimate of drug-likeness (QED) is 0.486. The van der Waals surface area contributed by atoms with Gasteiger partial charge in [0.2, 0.25) is 5.91 Å². The maximum Gasteiger partial charge on any atom is 0.314 e. The summed E-state index contributed by atoms with van der Waals surface area (Å²) in [6, 6.07) is 9.47. The number of sulfonamides is 1. The third-order valence-electron chi connectivity index (χ3n) is 3.43. The largest absolute Gasteiger partial charge is 0.366 e. The lowest BCUT2D eigenvalue weighted by molar-refractivity contribution is 0.100. The number of fused-ring (bicyclic) bond motifs is 1. The van der Waals surface area contributed by atoms with Crippen LogP contribution in [0.2, 0.25) is 0 Å². The summed E-state index contributed by atoms with van der Waals surface area (Å²) in [5.41, 5.74) is 4.38. The molecule has 0 radical (unpaired) electrons. The van der Waals surface area contributed by atoms with Crippen LogP contribution in [0.25, 0.3) is 11.0 Å².